The fourth-order valence-corrected chi connectivity index (χ4v) is 3.32. The molecule has 2 aromatic carbocycles. The van der Waals surface area contributed by atoms with E-state index in [-0.39, 0.29) is 17.0 Å². The molecule has 1 amide bonds. The summed E-state index contributed by atoms with van der Waals surface area (Å²) in [5.74, 6) is -0.0597. The van der Waals surface area contributed by atoms with Gasteiger partial charge in [0, 0.05) is 11.3 Å². The van der Waals surface area contributed by atoms with Crippen molar-refractivity contribution >= 4 is 17.7 Å². The highest BCUT2D eigenvalue weighted by molar-refractivity contribution is 7.99. The van der Waals surface area contributed by atoms with Crippen LogP contribution in [0.5, 0.6) is 0 Å². The predicted molar refractivity (Wildman–Crippen MR) is 105 cm³/mol. The second-order valence-electron chi connectivity index (χ2n) is 7.20. The van der Waals surface area contributed by atoms with Gasteiger partial charge in [-0.05, 0) is 35.2 Å². The summed E-state index contributed by atoms with van der Waals surface area (Å²) in [5.41, 5.74) is 8.11. The summed E-state index contributed by atoms with van der Waals surface area (Å²) in [7, 11) is 0. The molecule has 0 unspecified atom stereocenters. The number of nitrogens with two attached hydrogens (primary N) is 1. The molecular weight excluding hydrogens is 363 g/mol. The van der Waals surface area contributed by atoms with Gasteiger partial charge in [0.2, 0.25) is 5.91 Å². The normalized spacial score (nSPS) is 11.6. The van der Waals surface area contributed by atoms with Gasteiger partial charge in [0.15, 0.2) is 11.0 Å². The van der Waals surface area contributed by atoms with E-state index in [0.717, 1.165) is 5.56 Å². The SMILES string of the molecule is CC(C)(C)c1ccc(-c2nnc(SCC(N)=O)n2-c2ccc(F)cc2)cc1. The maximum absolute atomic E-state index is 13.4. The van der Waals surface area contributed by atoms with E-state index in [0.29, 0.717) is 16.7 Å². The van der Waals surface area contributed by atoms with Crippen molar-refractivity contribution in [2.45, 2.75) is 31.3 Å². The van der Waals surface area contributed by atoms with E-state index in [1.54, 1.807) is 16.7 Å². The molecule has 0 aliphatic heterocycles. The van der Waals surface area contributed by atoms with Crippen LogP contribution in [0.1, 0.15) is 26.3 Å². The largest absolute Gasteiger partial charge is 0.369 e. The number of thioether (sulfide) groups is 1. The highest BCUT2D eigenvalue weighted by Gasteiger charge is 2.18. The van der Waals surface area contributed by atoms with Crippen molar-refractivity contribution in [1.29, 1.82) is 0 Å². The standard InChI is InChI=1S/C20H21FN4OS/c1-20(2,3)14-6-4-13(5-7-14)18-23-24-19(27-12-17(22)26)25(18)16-10-8-15(21)9-11-16/h4-11H,12H2,1-3H3,(H2,22,26). The number of nitrogens with zero attached hydrogens (tertiary/aromatic N) is 3. The maximum atomic E-state index is 13.4. The topological polar surface area (TPSA) is 73.8 Å². The van der Waals surface area contributed by atoms with Crippen molar-refractivity contribution in [3.63, 3.8) is 0 Å². The Labute approximate surface area is 161 Å². The zero-order valence-electron chi connectivity index (χ0n) is 15.4. The van der Waals surface area contributed by atoms with Crippen LogP contribution in [0, 0.1) is 5.82 Å². The molecule has 0 aliphatic carbocycles. The quantitative estimate of drug-likeness (QED) is 0.676. The number of amides is 1. The number of rotatable bonds is 5. The molecule has 0 atom stereocenters. The molecular formula is C20H21FN4OS. The van der Waals surface area contributed by atoms with Gasteiger partial charge in [-0.2, -0.15) is 0 Å². The Hall–Kier alpha value is -2.67. The van der Waals surface area contributed by atoms with E-state index in [4.69, 9.17) is 5.73 Å². The fourth-order valence-electron chi connectivity index (χ4n) is 2.63. The first-order valence-electron chi connectivity index (χ1n) is 8.49. The first kappa shape index (κ1) is 19.1. The second kappa shape index (κ2) is 7.52. The number of carbonyl (C=O) groups excluding carboxylic acids is 1. The third kappa shape index (κ3) is 4.36. The van der Waals surface area contributed by atoms with Crippen LogP contribution in [0.4, 0.5) is 4.39 Å². The van der Waals surface area contributed by atoms with Gasteiger partial charge in [-0.15, -0.1) is 10.2 Å². The monoisotopic (exact) mass is 384 g/mol. The molecule has 1 aromatic heterocycles. The molecule has 7 heteroatoms. The summed E-state index contributed by atoms with van der Waals surface area (Å²) < 4.78 is 15.2. The number of primary amides is 1. The van der Waals surface area contributed by atoms with Crippen molar-refractivity contribution in [2.24, 2.45) is 5.73 Å². The van der Waals surface area contributed by atoms with E-state index in [2.05, 4.69) is 43.1 Å². The van der Waals surface area contributed by atoms with Crippen molar-refractivity contribution < 1.29 is 9.18 Å². The smallest absolute Gasteiger partial charge is 0.227 e. The molecule has 0 saturated heterocycles. The van der Waals surface area contributed by atoms with E-state index in [1.165, 1.54) is 29.5 Å². The van der Waals surface area contributed by atoms with Gasteiger partial charge >= 0.3 is 0 Å². The van der Waals surface area contributed by atoms with E-state index in [1.807, 2.05) is 12.1 Å². The van der Waals surface area contributed by atoms with Crippen LogP contribution in [0.15, 0.2) is 53.7 Å². The van der Waals surface area contributed by atoms with Gasteiger partial charge in [-0.1, -0.05) is 56.8 Å². The molecule has 0 aliphatic rings. The molecule has 3 rings (SSSR count). The van der Waals surface area contributed by atoms with Crippen molar-refractivity contribution in [2.75, 3.05) is 5.75 Å². The zero-order chi connectivity index (χ0) is 19.6. The number of benzene rings is 2. The second-order valence-corrected chi connectivity index (χ2v) is 8.14. The fraction of sp³-hybridized carbons (Fsp3) is 0.250. The lowest BCUT2D eigenvalue weighted by atomic mass is 9.87. The summed E-state index contributed by atoms with van der Waals surface area (Å²) >= 11 is 1.20. The Morgan fingerprint density at radius 3 is 2.26 bits per heavy atom. The average molecular weight is 384 g/mol. The van der Waals surface area contributed by atoms with Crippen LogP contribution < -0.4 is 5.73 Å². The molecule has 1 heterocycles. The number of halogens is 1. The Balaban J connectivity index is 2.07. The molecule has 0 fully saturated rings. The minimum absolute atomic E-state index is 0.0473. The Morgan fingerprint density at radius 2 is 1.70 bits per heavy atom. The number of carbonyl (C=O) groups is 1. The van der Waals surface area contributed by atoms with Crippen LogP contribution in [0.2, 0.25) is 0 Å². The molecule has 2 N–H and O–H groups in total. The molecule has 0 radical (unpaired) electrons. The van der Waals surface area contributed by atoms with E-state index >= 15 is 0 Å². The van der Waals surface area contributed by atoms with Crippen LogP contribution >= 0.6 is 11.8 Å². The van der Waals surface area contributed by atoms with Crippen LogP contribution in [0.25, 0.3) is 17.1 Å². The van der Waals surface area contributed by atoms with Gasteiger partial charge in [0.1, 0.15) is 5.82 Å². The zero-order valence-corrected chi connectivity index (χ0v) is 16.3. The van der Waals surface area contributed by atoms with Crippen molar-refractivity contribution in [1.82, 2.24) is 14.8 Å². The number of aromatic nitrogens is 3. The van der Waals surface area contributed by atoms with Crippen LogP contribution in [-0.4, -0.2) is 26.4 Å². The number of hydrogen-bond donors (Lipinski definition) is 1. The Morgan fingerprint density at radius 1 is 1.07 bits per heavy atom. The number of hydrogen-bond acceptors (Lipinski definition) is 4. The van der Waals surface area contributed by atoms with Gasteiger partial charge in [0.05, 0.1) is 5.75 Å². The summed E-state index contributed by atoms with van der Waals surface area (Å²) in [6, 6.07) is 14.2. The first-order chi connectivity index (χ1) is 12.8. The maximum Gasteiger partial charge on any atom is 0.227 e. The molecule has 5 nitrogen and oxygen atoms in total. The van der Waals surface area contributed by atoms with Gasteiger partial charge in [-0.3, -0.25) is 9.36 Å². The summed E-state index contributed by atoms with van der Waals surface area (Å²) in [4.78, 5) is 11.2. The molecule has 3 aromatic rings. The third-order valence-electron chi connectivity index (χ3n) is 4.07. The summed E-state index contributed by atoms with van der Waals surface area (Å²) in [6.07, 6.45) is 0. The lowest BCUT2D eigenvalue weighted by Crippen LogP contribution is -2.13. The first-order valence-corrected chi connectivity index (χ1v) is 9.47. The molecule has 140 valence electrons. The minimum Gasteiger partial charge on any atom is -0.369 e. The molecule has 0 spiro atoms. The minimum atomic E-state index is -0.440. The Bertz CT molecular complexity index is 944. The molecule has 0 bridgehead atoms. The van der Waals surface area contributed by atoms with Crippen LogP contribution in [0.3, 0.4) is 0 Å². The highest BCUT2D eigenvalue weighted by atomic mass is 32.2. The van der Waals surface area contributed by atoms with E-state index < -0.39 is 5.91 Å². The lowest BCUT2D eigenvalue weighted by Gasteiger charge is -2.19. The lowest BCUT2D eigenvalue weighted by molar-refractivity contribution is -0.115. The molecule has 0 saturated carbocycles. The van der Waals surface area contributed by atoms with Crippen molar-refractivity contribution in [3.8, 4) is 17.1 Å². The third-order valence-corrected chi connectivity index (χ3v) is 5.02. The van der Waals surface area contributed by atoms with Crippen molar-refractivity contribution in [3.05, 3.63) is 59.9 Å². The summed E-state index contributed by atoms with van der Waals surface area (Å²) in [6.45, 7) is 6.46. The van der Waals surface area contributed by atoms with Gasteiger partial charge in [0.25, 0.3) is 0 Å². The average Bonchev–Trinajstić information content (AvgIpc) is 3.04. The molecule has 27 heavy (non-hydrogen) atoms. The van der Waals surface area contributed by atoms with E-state index in [9.17, 15) is 9.18 Å². The van der Waals surface area contributed by atoms with Gasteiger partial charge < -0.3 is 5.73 Å². The summed E-state index contributed by atoms with van der Waals surface area (Å²) in [5, 5.41) is 9.03. The predicted octanol–water partition coefficient (Wildman–Crippen LogP) is 3.95. The van der Waals surface area contributed by atoms with Gasteiger partial charge in [-0.25, -0.2) is 4.39 Å². The van der Waals surface area contributed by atoms with Crippen LogP contribution in [-0.2, 0) is 10.2 Å². The highest BCUT2D eigenvalue weighted by Crippen LogP contribution is 2.30. The Kier molecular flexibility index (Phi) is 5.32.